The second-order valence-electron chi connectivity index (χ2n) is 6.84. The molecule has 28 heavy (non-hydrogen) atoms. The Morgan fingerprint density at radius 2 is 1.79 bits per heavy atom. The van der Waals surface area contributed by atoms with Crippen molar-refractivity contribution in [2.75, 3.05) is 43.4 Å². The van der Waals surface area contributed by atoms with Gasteiger partial charge in [-0.3, -0.25) is 4.79 Å². The number of anilines is 2. The van der Waals surface area contributed by atoms with Gasteiger partial charge in [-0.2, -0.15) is 13.2 Å². The van der Waals surface area contributed by atoms with Crippen LogP contribution in [-0.2, 0) is 17.4 Å². The minimum atomic E-state index is -4.48. The minimum absolute atomic E-state index is 0.0158. The summed E-state index contributed by atoms with van der Waals surface area (Å²) in [5.41, 5.74) is 0.582. The molecule has 0 radical (unpaired) electrons. The number of nitrogens with zero attached hydrogens (tertiary/aromatic N) is 2. The van der Waals surface area contributed by atoms with E-state index in [0.717, 1.165) is 25.2 Å². The lowest BCUT2D eigenvalue weighted by atomic mass is 10.1. The van der Waals surface area contributed by atoms with E-state index in [-0.39, 0.29) is 12.1 Å². The summed E-state index contributed by atoms with van der Waals surface area (Å²) in [6.07, 6.45) is -4.50. The van der Waals surface area contributed by atoms with E-state index >= 15 is 0 Å². The van der Waals surface area contributed by atoms with Gasteiger partial charge in [0.25, 0.3) is 0 Å². The average molecular weight is 412 g/mol. The Morgan fingerprint density at radius 1 is 1.11 bits per heavy atom. The van der Waals surface area contributed by atoms with Crippen LogP contribution in [0.2, 0.25) is 5.02 Å². The molecule has 2 aromatic carbocycles. The molecule has 1 fully saturated rings. The van der Waals surface area contributed by atoms with Gasteiger partial charge >= 0.3 is 6.18 Å². The highest BCUT2D eigenvalue weighted by Crippen LogP contribution is 2.36. The third kappa shape index (κ3) is 4.97. The van der Waals surface area contributed by atoms with Crippen molar-refractivity contribution in [2.24, 2.45) is 0 Å². The molecular weight excluding hydrogens is 391 g/mol. The Kier molecular flexibility index (Phi) is 6.15. The largest absolute Gasteiger partial charge is 0.416 e. The summed E-state index contributed by atoms with van der Waals surface area (Å²) in [6, 6.07) is 10.4. The molecule has 1 heterocycles. The highest BCUT2D eigenvalue weighted by atomic mass is 35.5. The van der Waals surface area contributed by atoms with Gasteiger partial charge in [-0.1, -0.05) is 29.8 Å². The number of carbonyl (C=O) groups excluding carboxylic acids is 1. The zero-order chi connectivity index (χ0) is 20.3. The summed E-state index contributed by atoms with van der Waals surface area (Å²) < 4.78 is 39.5. The molecule has 4 nitrogen and oxygen atoms in total. The molecule has 0 bridgehead atoms. The molecule has 3 rings (SSSR count). The fourth-order valence-electron chi connectivity index (χ4n) is 3.14. The number of piperazine rings is 1. The van der Waals surface area contributed by atoms with Crippen molar-refractivity contribution >= 4 is 28.9 Å². The maximum absolute atomic E-state index is 13.2. The summed E-state index contributed by atoms with van der Waals surface area (Å²) in [5.74, 6) is -0.414. The van der Waals surface area contributed by atoms with Gasteiger partial charge < -0.3 is 15.1 Å². The third-order valence-corrected chi connectivity index (χ3v) is 5.12. The summed E-state index contributed by atoms with van der Waals surface area (Å²) in [5, 5.41) is 3.10. The van der Waals surface area contributed by atoms with E-state index < -0.39 is 17.6 Å². The normalized spacial score (nSPS) is 15.5. The van der Waals surface area contributed by atoms with Gasteiger partial charge in [0.2, 0.25) is 5.91 Å². The molecule has 1 amide bonds. The first kappa shape index (κ1) is 20.5. The Balaban J connectivity index is 1.85. The molecule has 1 saturated heterocycles. The van der Waals surface area contributed by atoms with Crippen molar-refractivity contribution in [2.45, 2.75) is 12.6 Å². The van der Waals surface area contributed by atoms with Crippen LogP contribution in [-0.4, -0.2) is 44.0 Å². The molecule has 0 aromatic heterocycles. The third-order valence-electron chi connectivity index (χ3n) is 4.75. The molecule has 0 aliphatic carbocycles. The first-order valence-corrected chi connectivity index (χ1v) is 9.30. The standard InChI is InChI=1S/C20H21ClF3N3O/c1-26-8-10-27(11-9-26)18-7-6-15(20(22,23)24)13-17(18)25-19(28)12-14-4-2-3-5-16(14)21/h2-7,13H,8-12H2,1H3,(H,25,28). The van der Waals surface area contributed by atoms with Gasteiger partial charge in [0.15, 0.2) is 0 Å². The summed E-state index contributed by atoms with van der Waals surface area (Å²) in [4.78, 5) is 16.6. The monoisotopic (exact) mass is 411 g/mol. The van der Waals surface area contributed by atoms with Crippen LogP contribution in [0.3, 0.4) is 0 Å². The van der Waals surface area contributed by atoms with Crippen molar-refractivity contribution in [1.29, 1.82) is 0 Å². The van der Waals surface area contributed by atoms with Crippen LogP contribution in [0.25, 0.3) is 0 Å². The van der Waals surface area contributed by atoms with Gasteiger partial charge in [-0.05, 0) is 36.9 Å². The molecular formula is C20H21ClF3N3O. The lowest BCUT2D eigenvalue weighted by molar-refractivity contribution is -0.137. The molecule has 2 aromatic rings. The number of rotatable bonds is 4. The van der Waals surface area contributed by atoms with E-state index in [9.17, 15) is 18.0 Å². The van der Waals surface area contributed by atoms with E-state index in [2.05, 4.69) is 10.2 Å². The molecule has 1 aliphatic heterocycles. The first-order valence-electron chi connectivity index (χ1n) is 8.92. The van der Waals surface area contributed by atoms with Crippen LogP contribution in [0.4, 0.5) is 24.5 Å². The Labute approximate surface area is 166 Å². The smallest absolute Gasteiger partial charge is 0.367 e. The quantitative estimate of drug-likeness (QED) is 0.815. The fraction of sp³-hybridized carbons (Fsp3) is 0.350. The van der Waals surface area contributed by atoms with Crippen LogP contribution in [0.1, 0.15) is 11.1 Å². The van der Waals surface area contributed by atoms with E-state index in [1.165, 1.54) is 6.07 Å². The number of carbonyl (C=O) groups is 1. The van der Waals surface area contributed by atoms with Crippen LogP contribution in [0, 0.1) is 0 Å². The molecule has 1 N–H and O–H groups in total. The Bertz CT molecular complexity index is 849. The zero-order valence-electron chi connectivity index (χ0n) is 15.4. The van der Waals surface area contributed by atoms with E-state index in [1.54, 1.807) is 24.3 Å². The van der Waals surface area contributed by atoms with Crippen LogP contribution in [0.5, 0.6) is 0 Å². The van der Waals surface area contributed by atoms with Crippen molar-refractivity contribution in [3.8, 4) is 0 Å². The number of hydrogen-bond acceptors (Lipinski definition) is 3. The molecule has 150 valence electrons. The number of hydrogen-bond donors (Lipinski definition) is 1. The number of likely N-dealkylation sites (N-methyl/N-ethyl adjacent to an activating group) is 1. The minimum Gasteiger partial charge on any atom is -0.367 e. The van der Waals surface area contributed by atoms with E-state index in [1.807, 2.05) is 11.9 Å². The number of amides is 1. The van der Waals surface area contributed by atoms with Crippen molar-refractivity contribution in [3.05, 3.63) is 58.6 Å². The number of nitrogens with one attached hydrogen (secondary N) is 1. The highest BCUT2D eigenvalue weighted by Gasteiger charge is 2.32. The Hall–Kier alpha value is -2.25. The first-order chi connectivity index (χ1) is 13.2. The number of halogens is 4. The SMILES string of the molecule is CN1CCN(c2ccc(C(F)(F)F)cc2NC(=O)Cc2ccccc2Cl)CC1. The number of alkyl halides is 3. The van der Waals surface area contributed by atoms with Gasteiger partial charge in [0.05, 0.1) is 23.4 Å². The average Bonchev–Trinajstić information content (AvgIpc) is 2.64. The topological polar surface area (TPSA) is 35.6 Å². The maximum Gasteiger partial charge on any atom is 0.416 e. The summed E-state index contributed by atoms with van der Waals surface area (Å²) in [6.45, 7) is 2.95. The lowest BCUT2D eigenvalue weighted by Crippen LogP contribution is -2.44. The van der Waals surface area contributed by atoms with E-state index in [0.29, 0.717) is 29.4 Å². The van der Waals surface area contributed by atoms with Crippen molar-refractivity contribution < 1.29 is 18.0 Å². The van der Waals surface area contributed by atoms with E-state index in [4.69, 9.17) is 11.6 Å². The van der Waals surface area contributed by atoms with Crippen molar-refractivity contribution in [3.63, 3.8) is 0 Å². The Morgan fingerprint density at radius 3 is 2.43 bits per heavy atom. The van der Waals surface area contributed by atoms with Gasteiger partial charge in [0, 0.05) is 31.2 Å². The second-order valence-corrected chi connectivity index (χ2v) is 7.24. The van der Waals surface area contributed by atoms with Gasteiger partial charge in [0.1, 0.15) is 0 Å². The molecule has 0 saturated carbocycles. The maximum atomic E-state index is 13.2. The molecule has 0 unspecified atom stereocenters. The second kappa shape index (κ2) is 8.41. The highest BCUT2D eigenvalue weighted by molar-refractivity contribution is 6.31. The predicted octanol–water partition coefficient (Wildman–Crippen LogP) is 4.29. The van der Waals surface area contributed by atoms with Crippen molar-refractivity contribution in [1.82, 2.24) is 4.90 Å². The molecule has 8 heteroatoms. The van der Waals surface area contributed by atoms with Crippen LogP contribution in [0.15, 0.2) is 42.5 Å². The molecule has 0 atom stereocenters. The summed E-state index contributed by atoms with van der Waals surface area (Å²) in [7, 11) is 2.00. The summed E-state index contributed by atoms with van der Waals surface area (Å²) >= 11 is 6.08. The van der Waals surface area contributed by atoms with Crippen LogP contribution >= 0.6 is 11.6 Å². The van der Waals surface area contributed by atoms with Crippen LogP contribution < -0.4 is 10.2 Å². The lowest BCUT2D eigenvalue weighted by Gasteiger charge is -2.35. The van der Waals surface area contributed by atoms with Gasteiger partial charge in [-0.15, -0.1) is 0 Å². The zero-order valence-corrected chi connectivity index (χ0v) is 16.1. The predicted molar refractivity (Wildman–Crippen MR) is 105 cm³/mol. The van der Waals surface area contributed by atoms with Gasteiger partial charge in [-0.25, -0.2) is 0 Å². The molecule has 0 spiro atoms. The molecule has 1 aliphatic rings. The fourth-order valence-corrected chi connectivity index (χ4v) is 3.35. The number of benzene rings is 2.